The smallest absolute Gasteiger partial charge is 0.308 e. The standard InChI is InChI=1S/C20H37NP2.2C5H10O2.Co/c1-14(2)22(15(3)4)12-19-10-18(9)11-20(21-19)13-23(16(5)6)17(7)8;2*1-5(2,3)4(6)7;/h10-11,14-17H,12-13H2,1-9H3;2*1-3H3,(H,6,7);. The van der Waals surface area contributed by atoms with Gasteiger partial charge in [-0.1, -0.05) is 71.2 Å². The summed E-state index contributed by atoms with van der Waals surface area (Å²) in [4.78, 5) is 25.1. The molecule has 8 heteroatoms. The summed E-state index contributed by atoms with van der Waals surface area (Å²) >= 11 is 0. The summed E-state index contributed by atoms with van der Waals surface area (Å²) in [6.45, 7) is 31.2. The number of rotatable bonds is 8. The first-order chi connectivity index (χ1) is 16.5. The quantitative estimate of drug-likeness (QED) is 0.284. The van der Waals surface area contributed by atoms with Gasteiger partial charge in [0.25, 0.3) is 0 Å². The van der Waals surface area contributed by atoms with E-state index in [4.69, 9.17) is 15.2 Å². The van der Waals surface area contributed by atoms with Gasteiger partial charge in [0.05, 0.1) is 10.8 Å². The van der Waals surface area contributed by atoms with Crippen LogP contribution in [0, 0.1) is 17.8 Å². The van der Waals surface area contributed by atoms with Crippen LogP contribution in [0.5, 0.6) is 0 Å². The van der Waals surface area contributed by atoms with E-state index in [2.05, 4.69) is 74.4 Å². The van der Waals surface area contributed by atoms with Gasteiger partial charge in [0.15, 0.2) is 0 Å². The summed E-state index contributed by atoms with van der Waals surface area (Å²) in [5, 5.41) is 16.5. The Kier molecular flexibility index (Phi) is 20.7. The van der Waals surface area contributed by atoms with Crippen LogP contribution in [-0.2, 0) is 38.7 Å². The Bertz CT molecular complexity index is 748. The molecule has 0 saturated heterocycles. The van der Waals surface area contributed by atoms with E-state index in [1.807, 2.05) is 0 Å². The molecule has 5 nitrogen and oxygen atoms in total. The van der Waals surface area contributed by atoms with E-state index in [0.717, 1.165) is 22.6 Å². The van der Waals surface area contributed by atoms with Crippen LogP contribution in [0.15, 0.2) is 12.1 Å². The number of aromatic nitrogens is 1. The Hall–Kier alpha value is -0.544. The molecule has 0 fully saturated rings. The van der Waals surface area contributed by atoms with Crippen molar-refractivity contribution in [2.45, 2.75) is 139 Å². The van der Waals surface area contributed by atoms with Gasteiger partial charge in [-0.2, -0.15) is 0 Å². The summed E-state index contributed by atoms with van der Waals surface area (Å²) in [6, 6.07) is 4.63. The normalized spacial score (nSPS) is 11.8. The maximum Gasteiger partial charge on any atom is 0.308 e. The molecule has 1 heterocycles. The first kappa shape index (κ1) is 41.9. The second-order valence-electron chi connectivity index (χ2n) is 13.0. The predicted octanol–water partition coefficient (Wildman–Crippen LogP) is 9.22. The topological polar surface area (TPSA) is 87.5 Å². The Morgan fingerprint density at radius 3 is 1.05 bits per heavy atom. The molecule has 2 N–H and O–H groups in total. The fourth-order valence-electron chi connectivity index (χ4n) is 3.28. The number of nitrogens with zero attached hydrogens (tertiary/aromatic N) is 1. The van der Waals surface area contributed by atoms with Crippen LogP contribution in [0.4, 0.5) is 0 Å². The number of carbonyl (C=O) groups is 2. The number of hydrogen-bond donors (Lipinski definition) is 2. The molecule has 1 rings (SSSR count). The molecule has 0 aliphatic carbocycles. The van der Waals surface area contributed by atoms with Crippen molar-refractivity contribution < 1.29 is 36.6 Å². The summed E-state index contributed by atoms with van der Waals surface area (Å²) in [5.41, 5.74) is 5.98. The zero-order chi connectivity index (χ0) is 29.9. The molecule has 0 bridgehead atoms. The minimum absolute atomic E-state index is 0. The molecule has 0 aliphatic heterocycles. The average molecular weight is 617 g/mol. The molecule has 1 aromatic rings. The molecule has 0 atom stereocenters. The number of aliphatic carboxylic acids is 2. The predicted molar refractivity (Wildman–Crippen MR) is 165 cm³/mol. The van der Waals surface area contributed by atoms with Crippen molar-refractivity contribution in [1.29, 1.82) is 0 Å². The molecule has 1 aromatic heterocycles. The Morgan fingerprint density at radius 1 is 0.684 bits per heavy atom. The molecular formula is C30H57CoNO4P2. The van der Waals surface area contributed by atoms with Gasteiger partial charge in [-0.15, -0.1) is 0 Å². The maximum absolute atomic E-state index is 10.0. The fourth-order valence-corrected chi connectivity index (χ4v) is 8.19. The van der Waals surface area contributed by atoms with Crippen LogP contribution in [0.25, 0.3) is 0 Å². The summed E-state index contributed by atoms with van der Waals surface area (Å²) in [7, 11) is 0.0357. The largest absolute Gasteiger partial charge is 0.481 e. The Morgan fingerprint density at radius 2 is 0.895 bits per heavy atom. The van der Waals surface area contributed by atoms with E-state index >= 15 is 0 Å². The van der Waals surface area contributed by atoms with Crippen molar-refractivity contribution in [3.63, 3.8) is 0 Å². The number of carboxylic acid groups (broad SMARTS) is 2. The third-order valence-corrected chi connectivity index (χ3v) is 12.4. The van der Waals surface area contributed by atoms with Gasteiger partial charge in [-0.3, -0.25) is 14.6 Å². The van der Waals surface area contributed by atoms with Crippen molar-refractivity contribution in [3.8, 4) is 0 Å². The number of hydrogen-bond acceptors (Lipinski definition) is 3. The van der Waals surface area contributed by atoms with Crippen LogP contribution in [0.2, 0.25) is 0 Å². The molecular weight excluding hydrogens is 559 g/mol. The second-order valence-corrected chi connectivity index (χ2v) is 19.8. The molecule has 0 aromatic carbocycles. The zero-order valence-electron chi connectivity index (χ0n) is 26.8. The monoisotopic (exact) mass is 616 g/mol. The third-order valence-electron chi connectivity index (χ3n) is 5.70. The van der Waals surface area contributed by atoms with Gasteiger partial charge >= 0.3 is 11.9 Å². The van der Waals surface area contributed by atoms with Gasteiger partial charge in [-0.25, -0.2) is 0 Å². The van der Waals surface area contributed by atoms with E-state index in [0.29, 0.717) is 0 Å². The zero-order valence-corrected chi connectivity index (χ0v) is 29.6. The Balaban J connectivity index is -0.000000672. The van der Waals surface area contributed by atoms with Crippen LogP contribution in [0.3, 0.4) is 0 Å². The van der Waals surface area contributed by atoms with Crippen LogP contribution in [-0.4, -0.2) is 49.8 Å². The third kappa shape index (κ3) is 18.7. The molecule has 0 saturated carbocycles. The van der Waals surface area contributed by atoms with Gasteiger partial charge in [0, 0.05) is 40.5 Å². The fraction of sp³-hybridized carbons (Fsp3) is 0.767. The van der Waals surface area contributed by atoms with Crippen molar-refractivity contribution in [2.24, 2.45) is 10.8 Å². The van der Waals surface area contributed by atoms with Gasteiger partial charge < -0.3 is 10.2 Å². The van der Waals surface area contributed by atoms with E-state index in [9.17, 15) is 9.59 Å². The van der Waals surface area contributed by atoms with Crippen molar-refractivity contribution in [3.05, 3.63) is 29.1 Å². The van der Waals surface area contributed by atoms with E-state index in [-0.39, 0.29) is 32.6 Å². The van der Waals surface area contributed by atoms with Crippen molar-refractivity contribution >= 4 is 27.8 Å². The number of pyridine rings is 1. The summed E-state index contributed by atoms with van der Waals surface area (Å²) in [5.74, 6) is -1.51. The molecule has 225 valence electrons. The van der Waals surface area contributed by atoms with Gasteiger partial charge in [0.1, 0.15) is 0 Å². The number of carboxylic acids is 2. The molecule has 0 amide bonds. The van der Waals surface area contributed by atoms with Crippen molar-refractivity contribution in [1.82, 2.24) is 4.98 Å². The van der Waals surface area contributed by atoms with E-state index in [1.165, 1.54) is 29.3 Å². The second kappa shape index (κ2) is 18.7. The SMILES string of the molecule is CC(C)(C)C(=O)O.CC(C)(C)C(=O)O.Cc1cc(CP(C(C)C)C(C)C)nc(CP(C(C)C)C(C)C)c1.[Co]. The van der Waals surface area contributed by atoms with Gasteiger partial charge in [-0.05, 0) is 88.8 Å². The van der Waals surface area contributed by atoms with Crippen LogP contribution < -0.4 is 0 Å². The molecule has 0 unspecified atom stereocenters. The summed E-state index contributed by atoms with van der Waals surface area (Å²) < 4.78 is 0. The number of aryl methyl sites for hydroxylation is 1. The molecule has 1 radical (unpaired) electrons. The molecule has 0 aliphatic rings. The molecule has 0 spiro atoms. The Labute approximate surface area is 247 Å². The summed E-state index contributed by atoms with van der Waals surface area (Å²) in [6.07, 6.45) is 2.36. The van der Waals surface area contributed by atoms with Crippen LogP contribution in [0.1, 0.15) is 114 Å². The van der Waals surface area contributed by atoms with E-state index < -0.39 is 22.8 Å². The first-order valence-electron chi connectivity index (χ1n) is 13.4. The van der Waals surface area contributed by atoms with Gasteiger partial charge in [0.2, 0.25) is 0 Å². The average Bonchev–Trinajstić information content (AvgIpc) is 2.68. The maximum atomic E-state index is 10.0. The minimum atomic E-state index is -0.757. The first-order valence-corrected chi connectivity index (χ1v) is 16.8. The van der Waals surface area contributed by atoms with Crippen LogP contribution >= 0.6 is 15.8 Å². The van der Waals surface area contributed by atoms with E-state index in [1.54, 1.807) is 41.5 Å². The van der Waals surface area contributed by atoms with Crippen molar-refractivity contribution in [2.75, 3.05) is 0 Å². The molecule has 38 heavy (non-hydrogen) atoms. The minimum Gasteiger partial charge on any atom is -0.481 e.